The number of benzene rings is 1. The van der Waals surface area contributed by atoms with E-state index in [-0.39, 0.29) is 5.82 Å². The molecule has 0 aliphatic heterocycles. The van der Waals surface area contributed by atoms with Gasteiger partial charge in [0.05, 0.1) is 5.69 Å². The molecule has 0 radical (unpaired) electrons. The molecule has 1 heterocycles. The normalized spacial score (nSPS) is 15.6. The Morgan fingerprint density at radius 1 is 1.26 bits per heavy atom. The van der Waals surface area contributed by atoms with Crippen molar-refractivity contribution >= 4 is 11.3 Å². The molecule has 0 atom stereocenters. The van der Waals surface area contributed by atoms with Crippen molar-refractivity contribution in [3.8, 4) is 10.6 Å². The molecule has 0 bridgehead atoms. The van der Waals surface area contributed by atoms with Crippen LogP contribution in [0.2, 0.25) is 0 Å². The highest BCUT2D eigenvalue weighted by atomic mass is 32.1. The number of halogens is 1. The monoisotopic (exact) mass is 333 g/mol. The third-order valence-corrected chi connectivity index (χ3v) is 5.48. The summed E-state index contributed by atoms with van der Waals surface area (Å²) in [6.07, 6.45) is 5.47. The van der Waals surface area contributed by atoms with E-state index in [2.05, 4.69) is 27.6 Å². The van der Waals surface area contributed by atoms with Gasteiger partial charge in [0.1, 0.15) is 10.8 Å². The average molecular weight is 333 g/mol. The molecule has 0 unspecified atom stereocenters. The SMILES string of the molecule is CN(CCNCc1csc(-c2ccc(F)cc2)n1)C1CCCC1. The Hall–Kier alpha value is -1.30. The van der Waals surface area contributed by atoms with E-state index in [1.54, 1.807) is 23.5 Å². The van der Waals surface area contributed by atoms with Gasteiger partial charge in [-0.05, 0) is 44.2 Å². The van der Waals surface area contributed by atoms with E-state index >= 15 is 0 Å². The number of thiazole rings is 1. The smallest absolute Gasteiger partial charge is 0.123 e. The van der Waals surface area contributed by atoms with Gasteiger partial charge in [0.2, 0.25) is 0 Å². The van der Waals surface area contributed by atoms with Gasteiger partial charge in [-0.2, -0.15) is 0 Å². The molecule has 0 amide bonds. The standard InChI is InChI=1S/C18H24FN3S/c1-22(17-4-2-3-5-17)11-10-20-12-16-13-23-18(21-16)14-6-8-15(19)9-7-14/h6-9,13,17,20H,2-5,10-12H2,1H3. The number of likely N-dealkylation sites (N-methyl/N-ethyl adjacent to an activating group) is 1. The van der Waals surface area contributed by atoms with Crippen LogP contribution in [0.3, 0.4) is 0 Å². The number of nitrogens with one attached hydrogen (secondary N) is 1. The Kier molecular flexibility index (Phi) is 5.75. The highest BCUT2D eigenvalue weighted by Crippen LogP contribution is 2.24. The first-order valence-corrected chi connectivity index (χ1v) is 9.21. The number of rotatable bonds is 7. The Morgan fingerprint density at radius 2 is 2.00 bits per heavy atom. The van der Waals surface area contributed by atoms with Gasteiger partial charge in [-0.15, -0.1) is 11.3 Å². The molecule has 23 heavy (non-hydrogen) atoms. The van der Waals surface area contributed by atoms with Crippen molar-refractivity contribution in [2.45, 2.75) is 38.3 Å². The van der Waals surface area contributed by atoms with Gasteiger partial charge in [-0.3, -0.25) is 0 Å². The van der Waals surface area contributed by atoms with Crippen molar-refractivity contribution < 1.29 is 4.39 Å². The second kappa shape index (κ2) is 7.99. The summed E-state index contributed by atoms with van der Waals surface area (Å²) in [5, 5.41) is 6.50. The predicted octanol–water partition coefficient (Wildman–Crippen LogP) is 3.91. The molecule has 1 aromatic carbocycles. The molecule has 1 fully saturated rings. The maximum absolute atomic E-state index is 13.0. The second-order valence-electron chi connectivity index (χ2n) is 6.25. The van der Waals surface area contributed by atoms with Gasteiger partial charge in [0, 0.05) is 36.6 Å². The first kappa shape index (κ1) is 16.6. The van der Waals surface area contributed by atoms with Crippen molar-refractivity contribution in [2.24, 2.45) is 0 Å². The maximum Gasteiger partial charge on any atom is 0.123 e. The van der Waals surface area contributed by atoms with E-state index in [1.165, 1.54) is 37.8 Å². The Morgan fingerprint density at radius 3 is 2.74 bits per heavy atom. The van der Waals surface area contributed by atoms with E-state index in [1.807, 2.05) is 0 Å². The van der Waals surface area contributed by atoms with E-state index in [4.69, 9.17) is 0 Å². The zero-order valence-electron chi connectivity index (χ0n) is 13.6. The third-order valence-electron chi connectivity index (χ3n) is 4.54. The minimum absolute atomic E-state index is 0.210. The molecule has 1 saturated carbocycles. The van der Waals surface area contributed by atoms with Crippen LogP contribution in [0.1, 0.15) is 31.4 Å². The maximum atomic E-state index is 13.0. The lowest BCUT2D eigenvalue weighted by atomic mass is 10.2. The van der Waals surface area contributed by atoms with E-state index in [0.29, 0.717) is 0 Å². The summed E-state index contributed by atoms with van der Waals surface area (Å²) >= 11 is 1.61. The van der Waals surface area contributed by atoms with Crippen molar-refractivity contribution in [3.63, 3.8) is 0 Å². The van der Waals surface area contributed by atoms with E-state index in [0.717, 1.165) is 41.9 Å². The number of hydrogen-bond donors (Lipinski definition) is 1. The molecule has 0 spiro atoms. The lowest BCUT2D eigenvalue weighted by Crippen LogP contribution is -2.35. The molecular weight excluding hydrogens is 309 g/mol. The van der Waals surface area contributed by atoms with Crippen LogP contribution >= 0.6 is 11.3 Å². The van der Waals surface area contributed by atoms with Crippen LogP contribution in [0.25, 0.3) is 10.6 Å². The van der Waals surface area contributed by atoms with Crippen molar-refractivity contribution in [3.05, 3.63) is 41.2 Å². The highest BCUT2D eigenvalue weighted by Gasteiger charge is 2.18. The molecule has 1 aliphatic carbocycles. The van der Waals surface area contributed by atoms with Gasteiger partial charge < -0.3 is 10.2 Å². The van der Waals surface area contributed by atoms with Crippen molar-refractivity contribution in [1.29, 1.82) is 0 Å². The molecule has 124 valence electrons. The fourth-order valence-corrected chi connectivity index (χ4v) is 3.94. The molecule has 0 saturated heterocycles. The van der Waals surface area contributed by atoms with Gasteiger partial charge in [0.15, 0.2) is 0 Å². The van der Waals surface area contributed by atoms with Gasteiger partial charge in [-0.1, -0.05) is 12.8 Å². The van der Waals surface area contributed by atoms with Crippen LogP contribution in [-0.4, -0.2) is 36.1 Å². The lowest BCUT2D eigenvalue weighted by Gasteiger charge is -2.23. The Bertz CT molecular complexity index is 605. The zero-order valence-corrected chi connectivity index (χ0v) is 14.4. The summed E-state index contributed by atoms with van der Waals surface area (Å²) < 4.78 is 13.0. The summed E-state index contributed by atoms with van der Waals surface area (Å²) in [5.41, 5.74) is 2.03. The summed E-state index contributed by atoms with van der Waals surface area (Å²) in [6.45, 7) is 2.85. The fourth-order valence-electron chi connectivity index (χ4n) is 3.11. The van der Waals surface area contributed by atoms with Crippen LogP contribution in [-0.2, 0) is 6.54 Å². The van der Waals surface area contributed by atoms with E-state index in [9.17, 15) is 4.39 Å². The minimum atomic E-state index is -0.210. The third kappa shape index (κ3) is 4.59. The Labute approximate surface area is 141 Å². The van der Waals surface area contributed by atoms with Crippen LogP contribution in [0.15, 0.2) is 29.6 Å². The first-order chi connectivity index (χ1) is 11.2. The zero-order chi connectivity index (χ0) is 16.1. The van der Waals surface area contributed by atoms with Crippen LogP contribution in [0.5, 0.6) is 0 Å². The van der Waals surface area contributed by atoms with Crippen LogP contribution < -0.4 is 5.32 Å². The van der Waals surface area contributed by atoms with Gasteiger partial charge in [-0.25, -0.2) is 9.37 Å². The summed E-state index contributed by atoms with van der Waals surface area (Å²) in [5.74, 6) is -0.210. The molecule has 1 aliphatic rings. The summed E-state index contributed by atoms with van der Waals surface area (Å²) in [4.78, 5) is 7.10. The summed E-state index contributed by atoms with van der Waals surface area (Å²) in [6, 6.07) is 7.30. The Balaban J connectivity index is 1.43. The lowest BCUT2D eigenvalue weighted by molar-refractivity contribution is 0.245. The van der Waals surface area contributed by atoms with Gasteiger partial charge in [0.25, 0.3) is 0 Å². The summed E-state index contributed by atoms with van der Waals surface area (Å²) in [7, 11) is 2.23. The molecule has 1 aromatic heterocycles. The molecule has 3 nitrogen and oxygen atoms in total. The minimum Gasteiger partial charge on any atom is -0.310 e. The molecule has 1 N–H and O–H groups in total. The van der Waals surface area contributed by atoms with Crippen LogP contribution in [0.4, 0.5) is 4.39 Å². The topological polar surface area (TPSA) is 28.2 Å². The highest BCUT2D eigenvalue weighted by molar-refractivity contribution is 7.13. The second-order valence-corrected chi connectivity index (χ2v) is 7.10. The quantitative estimate of drug-likeness (QED) is 0.779. The predicted molar refractivity (Wildman–Crippen MR) is 94.1 cm³/mol. The molecular formula is C18H24FN3S. The average Bonchev–Trinajstić information content (AvgIpc) is 3.24. The van der Waals surface area contributed by atoms with Crippen molar-refractivity contribution in [1.82, 2.24) is 15.2 Å². The van der Waals surface area contributed by atoms with E-state index < -0.39 is 0 Å². The number of nitrogens with zero attached hydrogens (tertiary/aromatic N) is 2. The number of aromatic nitrogens is 1. The molecule has 5 heteroatoms. The fraction of sp³-hybridized carbons (Fsp3) is 0.500. The van der Waals surface area contributed by atoms with Crippen LogP contribution in [0, 0.1) is 5.82 Å². The molecule has 3 rings (SSSR count). The first-order valence-electron chi connectivity index (χ1n) is 8.33. The van der Waals surface area contributed by atoms with Crippen molar-refractivity contribution in [2.75, 3.05) is 20.1 Å². The van der Waals surface area contributed by atoms with Gasteiger partial charge >= 0.3 is 0 Å². The largest absolute Gasteiger partial charge is 0.310 e. The molecule has 2 aromatic rings. The number of hydrogen-bond acceptors (Lipinski definition) is 4.